The molecule has 2 amide bonds. The number of hydrazone groups is 1. The Bertz CT molecular complexity index is 589. The summed E-state index contributed by atoms with van der Waals surface area (Å²) in [5, 5.41) is 6.05. The van der Waals surface area contributed by atoms with Crippen LogP contribution in [0.4, 0.5) is 5.69 Å². The van der Waals surface area contributed by atoms with Gasteiger partial charge >= 0.3 is 0 Å². The van der Waals surface area contributed by atoms with E-state index in [-0.39, 0.29) is 29.0 Å². The fraction of sp³-hybridized carbons (Fsp3) is 0.308. The third kappa shape index (κ3) is 1.40. The minimum Gasteiger partial charge on any atom is -0.281 e. The van der Waals surface area contributed by atoms with Crippen molar-refractivity contribution in [2.45, 2.75) is 5.37 Å². The first kappa shape index (κ1) is 11.0. The van der Waals surface area contributed by atoms with E-state index in [2.05, 4.69) is 5.10 Å². The van der Waals surface area contributed by atoms with Crippen LogP contribution in [0.3, 0.4) is 0 Å². The van der Waals surface area contributed by atoms with Crippen LogP contribution in [0, 0.1) is 11.8 Å². The van der Waals surface area contributed by atoms with Gasteiger partial charge in [-0.2, -0.15) is 5.10 Å². The molecule has 96 valence electrons. The maximum absolute atomic E-state index is 12.6. The van der Waals surface area contributed by atoms with Gasteiger partial charge in [0.15, 0.2) is 0 Å². The van der Waals surface area contributed by atoms with Crippen LogP contribution in [0.2, 0.25) is 0 Å². The molecule has 19 heavy (non-hydrogen) atoms. The van der Waals surface area contributed by atoms with E-state index in [0.29, 0.717) is 12.2 Å². The molecule has 3 aliphatic rings. The number of benzene rings is 1. The third-order valence-corrected chi connectivity index (χ3v) is 4.90. The summed E-state index contributed by atoms with van der Waals surface area (Å²) in [5.74, 6) is -0.694. The van der Waals surface area contributed by atoms with Crippen LogP contribution in [-0.2, 0) is 9.59 Å². The largest absolute Gasteiger partial charge is 0.281 e. The van der Waals surface area contributed by atoms with Crippen LogP contribution in [0.15, 0.2) is 35.4 Å². The zero-order valence-electron chi connectivity index (χ0n) is 9.97. The van der Waals surface area contributed by atoms with Crippen LogP contribution in [0.1, 0.15) is 0 Å². The van der Waals surface area contributed by atoms with Gasteiger partial charge in [0.2, 0.25) is 11.8 Å². The van der Waals surface area contributed by atoms with Crippen molar-refractivity contribution in [1.29, 1.82) is 0 Å². The Morgan fingerprint density at radius 1 is 1.16 bits per heavy atom. The Hall–Kier alpha value is -1.82. The molecule has 0 radical (unpaired) electrons. The van der Waals surface area contributed by atoms with E-state index in [1.165, 1.54) is 16.7 Å². The Labute approximate surface area is 114 Å². The molecule has 4 rings (SSSR count). The first-order valence-corrected chi connectivity index (χ1v) is 7.09. The number of rotatable bonds is 1. The Morgan fingerprint density at radius 2 is 1.95 bits per heavy atom. The summed E-state index contributed by atoms with van der Waals surface area (Å²) in [7, 11) is 0. The molecule has 0 aromatic heterocycles. The molecular formula is C13H11N3O2S. The fourth-order valence-electron chi connectivity index (χ4n) is 3.00. The van der Waals surface area contributed by atoms with Crippen LogP contribution >= 0.6 is 11.8 Å². The smallest absolute Gasteiger partial charge is 0.240 e. The second-order valence-electron chi connectivity index (χ2n) is 4.85. The number of fused-ring (bicyclic) bond motifs is 3. The number of carbonyl (C=O) groups excluding carboxylic acids is 2. The van der Waals surface area contributed by atoms with Crippen molar-refractivity contribution in [3.63, 3.8) is 0 Å². The number of nitrogens with zero attached hydrogens (tertiary/aromatic N) is 3. The topological polar surface area (TPSA) is 53.0 Å². The van der Waals surface area contributed by atoms with E-state index >= 15 is 0 Å². The highest BCUT2D eigenvalue weighted by atomic mass is 32.2. The molecule has 3 heterocycles. The second-order valence-corrected chi connectivity index (χ2v) is 5.82. The van der Waals surface area contributed by atoms with Crippen molar-refractivity contribution in [2.75, 3.05) is 11.4 Å². The lowest BCUT2D eigenvalue weighted by atomic mass is 9.99. The Balaban J connectivity index is 1.71. The summed E-state index contributed by atoms with van der Waals surface area (Å²) in [6.07, 6.45) is 0. The summed E-state index contributed by atoms with van der Waals surface area (Å²) in [6, 6.07) is 9.14. The molecule has 2 fully saturated rings. The van der Waals surface area contributed by atoms with Gasteiger partial charge in [-0.25, -0.2) is 4.90 Å². The maximum Gasteiger partial charge on any atom is 0.240 e. The van der Waals surface area contributed by atoms with Crippen molar-refractivity contribution in [1.82, 2.24) is 5.01 Å². The van der Waals surface area contributed by atoms with E-state index < -0.39 is 0 Å². The number of para-hydroxylation sites is 1. The van der Waals surface area contributed by atoms with E-state index in [1.807, 2.05) is 23.2 Å². The number of amides is 2. The highest BCUT2D eigenvalue weighted by molar-refractivity contribution is 8.12. The molecule has 0 spiro atoms. The summed E-state index contributed by atoms with van der Waals surface area (Å²) in [6.45, 7) is 0.548. The zero-order chi connectivity index (χ0) is 13.0. The monoisotopic (exact) mass is 273 g/mol. The molecule has 3 aliphatic heterocycles. The SMILES string of the molecule is O=C1[C@H]2[C@H](CN3N=CS[C@@H]23)C(=O)N1c1ccccc1. The van der Waals surface area contributed by atoms with E-state index in [9.17, 15) is 9.59 Å². The number of carbonyl (C=O) groups is 2. The van der Waals surface area contributed by atoms with Gasteiger partial charge in [-0.1, -0.05) is 30.0 Å². The normalized spacial score (nSPS) is 32.1. The zero-order valence-corrected chi connectivity index (χ0v) is 10.8. The van der Waals surface area contributed by atoms with Gasteiger partial charge in [0, 0.05) is 6.54 Å². The molecule has 0 N–H and O–H groups in total. The van der Waals surface area contributed by atoms with E-state index in [1.54, 1.807) is 17.7 Å². The molecule has 0 aliphatic carbocycles. The molecule has 6 heteroatoms. The third-order valence-electron chi connectivity index (χ3n) is 3.87. The minimum atomic E-state index is -0.264. The maximum atomic E-state index is 12.6. The second kappa shape index (κ2) is 3.84. The van der Waals surface area contributed by atoms with Gasteiger partial charge in [0.1, 0.15) is 5.37 Å². The minimum absolute atomic E-state index is 0.00448. The molecule has 0 unspecified atom stereocenters. The summed E-state index contributed by atoms with van der Waals surface area (Å²) in [5.41, 5.74) is 2.42. The molecule has 1 aromatic rings. The predicted octanol–water partition coefficient (Wildman–Crippen LogP) is 1.12. The first-order chi connectivity index (χ1) is 9.27. The summed E-state index contributed by atoms with van der Waals surface area (Å²) < 4.78 is 0. The number of anilines is 1. The van der Waals surface area contributed by atoms with Crippen molar-refractivity contribution >= 4 is 34.8 Å². The Morgan fingerprint density at radius 3 is 2.74 bits per heavy atom. The van der Waals surface area contributed by atoms with Gasteiger partial charge in [0.05, 0.1) is 23.1 Å². The lowest BCUT2D eigenvalue weighted by Crippen LogP contribution is -2.36. The lowest BCUT2D eigenvalue weighted by molar-refractivity contribution is -0.123. The lowest BCUT2D eigenvalue weighted by Gasteiger charge is -2.20. The molecule has 2 saturated heterocycles. The van der Waals surface area contributed by atoms with Crippen molar-refractivity contribution in [3.05, 3.63) is 30.3 Å². The molecule has 0 bridgehead atoms. The molecule has 1 aromatic carbocycles. The number of thioether (sulfide) groups is 1. The molecule has 0 saturated carbocycles. The number of hydrogen-bond donors (Lipinski definition) is 0. The quantitative estimate of drug-likeness (QED) is 0.720. The van der Waals surface area contributed by atoms with Crippen LogP contribution in [0.5, 0.6) is 0 Å². The van der Waals surface area contributed by atoms with Gasteiger partial charge in [0.25, 0.3) is 0 Å². The van der Waals surface area contributed by atoms with Crippen molar-refractivity contribution in [3.8, 4) is 0 Å². The summed E-state index contributed by atoms with van der Waals surface area (Å²) >= 11 is 1.53. The van der Waals surface area contributed by atoms with Gasteiger partial charge in [-0.05, 0) is 12.1 Å². The van der Waals surface area contributed by atoms with E-state index in [4.69, 9.17) is 0 Å². The molecular weight excluding hydrogens is 262 g/mol. The Kier molecular flexibility index (Phi) is 2.23. The molecule has 5 nitrogen and oxygen atoms in total. The van der Waals surface area contributed by atoms with Crippen LogP contribution < -0.4 is 4.90 Å². The standard InChI is InChI=1S/C13H11N3O2S/c17-11-9-6-15-13(19-7-14-15)10(9)12(18)16(11)8-4-2-1-3-5-8/h1-5,7,9-10,13H,6H2/t9-,10+,13-/m0/s1. The first-order valence-electron chi connectivity index (χ1n) is 6.15. The van der Waals surface area contributed by atoms with Gasteiger partial charge in [-0.15, -0.1) is 0 Å². The average molecular weight is 273 g/mol. The molecule has 3 atom stereocenters. The van der Waals surface area contributed by atoms with Gasteiger partial charge in [-0.3, -0.25) is 14.6 Å². The number of imide groups is 1. The van der Waals surface area contributed by atoms with Crippen LogP contribution in [0.25, 0.3) is 0 Å². The average Bonchev–Trinajstić information content (AvgIpc) is 3.04. The predicted molar refractivity (Wildman–Crippen MR) is 72.5 cm³/mol. The highest BCUT2D eigenvalue weighted by Crippen LogP contribution is 2.45. The van der Waals surface area contributed by atoms with E-state index in [0.717, 1.165) is 0 Å². The highest BCUT2D eigenvalue weighted by Gasteiger charge is 2.58. The van der Waals surface area contributed by atoms with Crippen LogP contribution in [-0.4, -0.2) is 34.3 Å². The van der Waals surface area contributed by atoms with Crippen molar-refractivity contribution < 1.29 is 9.59 Å². The summed E-state index contributed by atoms with van der Waals surface area (Å²) in [4.78, 5) is 26.3. The van der Waals surface area contributed by atoms with Gasteiger partial charge < -0.3 is 0 Å². The van der Waals surface area contributed by atoms with Crippen molar-refractivity contribution in [2.24, 2.45) is 16.9 Å². The number of hydrogen-bond acceptors (Lipinski definition) is 5. The fourth-order valence-corrected chi connectivity index (χ4v) is 4.06.